The van der Waals surface area contributed by atoms with Gasteiger partial charge in [0.2, 0.25) is 5.91 Å². The maximum absolute atomic E-state index is 13.5. The maximum Gasteiger partial charge on any atom is 0.261 e. The Bertz CT molecular complexity index is 1600. The van der Waals surface area contributed by atoms with Crippen LogP contribution in [0, 0.1) is 0 Å². The Morgan fingerprint density at radius 3 is 2.78 bits per heavy atom. The number of anilines is 1. The molecular formula is C26H21N7O4. The molecule has 0 saturated carbocycles. The Kier molecular flexibility index (Phi) is 4.80. The van der Waals surface area contributed by atoms with E-state index in [-0.39, 0.29) is 17.1 Å². The predicted octanol–water partition coefficient (Wildman–Crippen LogP) is 0.703. The van der Waals surface area contributed by atoms with Crippen molar-refractivity contribution >= 4 is 40.3 Å². The van der Waals surface area contributed by atoms with Crippen molar-refractivity contribution in [3.8, 4) is 0 Å². The fourth-order valence-electron chi connectivity index (χ4n) is 5.49. The van der Waals surface area contributed by atoms with Crippen molar-refractivity contribution in [2.24, 2.45) is 4.99 Å². The number of aliphatic imine (C=N–C) groups is 1. The number of morpholine rings is 1. The summed E-state index contributed by atoms with van der Waals surface area (Å²) in [5, 5.41) is 2.43. The highest BCUT2D eigenvalue weighted by Gasteiger charge is 2.42. The number of fused-ring (bicyclic) bond motifs is 1. The number of carbonyl (C=O) groups excluding carboxylic acids is 3. The van der Waals surface area contributed by atoms with E-state index >= 15 is 0 Å². The van der Waals surface area contributed by atoms with Crippen molar-refractivity contribution in [3.63, 3.8) is 0 Å². The fraction of sp³-hybridized carbons (Fsp3) is 0.231. The van der Waals surface area contributed by atoms with Crippen molar-refractivity contribution in [2.45, 2.75) is 12.5 Å². The van der Waals surface area contributed by atoms with E-state index in [1.165, 1.54) is 0 Å². The number of hydrogen-bond donors (Lipinski definition) is 1. The first-order chi connectivity index (χ1) is 18.1. The molecule has 1 unspecified atom stereocenters. The van der Waals surface area contributed by atoms with Crippen LogP contribution in [0.5, 0.6) is 0 Å². The van der Waals surface area contributed by atoms with Gasteiger partial charge in [-0.2, -0.15) is 0 Å². The average Bonchev–Trinajstić information content (AvgIpc) is 3.55. The number of imide groups is 1. The molecule has 7 rings (SSSR count). The SMILES string of the molecule is O=C1NC(=O)C(c2cnc3cnccn23)=C1C1=NC=CN2c3c(cccc31)CC2C(=O)N1CCOCC1. The zero-order valence-electron chi connectivity index (χ0n) is 19.6. The highest BCUT2D eigenvalue weighted by atomic mass is 16.5. The quantitative estimate of drug-likeness (QED) is 0.531. The first-order valence-corrected chi connectivity index (χ1v) is 12.0. The number of aromatic nitrogens is 3. The molecule has 1 saturated heterocycles. The summed E-state index contributed by atoms with van der Waals surface area (Å²) in [7, 11) is 0. The van der Waals surface area contributed by atoms with Gasteiger partial charge >= 0.3 is 0 Å². The predicted molar refractivity (Wildman–Crippen MR) is 133 cm³/mol. The number of nitrogens with one attached hydrogen (secondary N) is 1. The molecule has 1 atom stereocenters. The van der Waals surface area contributed by atoms with E-state index in [1.807, 2.05) is 28.0 Å². The van der Waals surface area contributed by atoms with E-state index in [2.05, 4.69) is 20.3 Å². The molecule has 11 nitrogen and oxygen atoms in total. The zero-order valence-corrected chi connectivity index (χ0v) is 19.6. The van der Waals surface area contributed by atoms with Crippen LogP contribution in [0.4, 0.5) is 5.69 Å². The van der Waals surface area contributed by atoms with Crippen LogP contribution < -0.4 is 10.2 Å². The molecule has 3 aromatic rings. The summed E-state index contributed by atoms with van der Waals surface area (Å²) in [5.41, 5.74) is 4.25. The summed E-state index contributed by atoms with van der Waals surface area (Å²) in [5.74, 6) is -1.01. The molecule has 4 aliphatic heterocycles. The highest BCUT2D eigenvalue weighted by molar-refractivity contribution is 6.47. The number of benzene rings is 1. The van der Waals surface area contributed by atoms with Gasteiger partial charge in [0, 0.05) is 49.9 Å². The van der Waals surface area contributed by atoms with Crippen molar-refractivity contribution in [2.75, 3.05) is 31.2 Å². The lowest BCUT2D eigenvalue weighted by Crippen LogP contribution is -2.49. The third-order valence-electron chi connectivity index (χ3n) is 7.16. The van der Waals surface area contributed by atoms with E-state index in [0.29, 0.717) is 55.3 Å². The van der Waals surface area contributed by atoms with Gasteiger partial charge in [-0.15, -0.1) is 0 Å². The topological polar surface area (TPSA) is 122 Å². The second-order valence-electron chi connectivity index (χ2n) is 9.14. The lowest BCUT2D eigenvalue weighted by molar-refractivity contribution is -0.136. The number of hydrogen-bond acceptors (Lipinski definition) is 8. The largest absolute Gasteiger partial charge is 0.378 e. The van der Waals surface area contributed by atoms with Crippen LogP contribution in [-0.2, 0) is 25.5 Å². The number of amides is 3. The number of imidazole rings is 1. The molecule has 3 amide bonds. The summed E-state index contributed by atoms with van der Waals surface area (Å²) in [6, 6.07) is 5.34. The van der Waals surface area contributed by atoms with Gasteiger partial charge in [0.15, 0.2) is 5.65 Å². The maximum atomic E-state index is 13.5. The Hall–Kier alpha value is -4.64. The van der Waals surface area contributed by atoms with Gasteiger partial charge in [-0.3, -0.25) is 34.1 Å². The van der Waals surface area contributed by atoms with E-state index in [1.54, 1.807) is 41.6 Å². The molecule has 1 aromatic carbocycles. The molecule has 37 heavy (non-hydrogen) atoms. The molecule has 0 radical (unpaired) electrons. The van der Waals surface area contributed by atoms with E-state index in [9.17, 15) is 14.4 Å². The molecule has 4 aliphatic rings. The van der Waals surface area contributed by atoms with Crippen molar-refractivity contribution in [1.82, 2.24) is 24.6 Å². The molecular weight excluding hydrogens is 474 g/mol. The summed E-state index contributed by atoms with van der Waals surface area (Å²) in [6.07, 6.45) is 10.3. The third kappa shape index (κ3) is 3.24. The summed E-state index contributed by atoms with van der Waals surface area (Å²) < 4.78 is 7.13. The summed E-state index contributed by atoms with van der Waals surface area (Å²) in [4.78, 5) is 56.5. The number of rotatable bonds is 3. The van der Waals surface area contributed by atoms with Gasteiger partial charge in [0.1, 0.15) is 6.04 Å². The van der Waals surface area contributed by atoms with Crippen LogP contribution in [0.15, 0.2) is 66.0 Å². The van der Waals surface area contributed by atoms with Crippen LogP contribution in [0.25, 0.3) is 11.2 Å². The van der Waals surface area contributed by atoms with Gasteiger partial charge in [0.05, 0.1) is 53.8 Å². The minimum Gasteiger partial charge on any atom is -0.378 e. The number of nitrogens with zero attached hydrogens (tertiary/aromatic N) is 6. The Balaban J connectivity index is 1.35. The molecule has 0 aliphatic carbocycles. The highest BCUT2D eigenvalue weighted by Crippen LogP contribution is 2.40. The zero-order chi connectivity index (χ0) is 25.1. The number of carbonyl (C=O) groups is 3. The first-order valence-electron chi connectivity index (χ1n) is 12.0. The fourth-order valence-corrected chi connectivity index (χ4v) is 5.49. The lowest BCUT2D eigenvalue weighted by Gasteiger charge is -2.32. The van der Waals surface area contributed by atoms with Gasteiger partial charge in [-0.05, 0) is 5.56 Å². The minimum absolute atomic E-state index is 0.0339. The minimum atomic E-state index is -0.527. The third-order valence-corrected chi connectivity index (χ3v) is 7.16. The van der Waals surface area contributed by atoms with Crippen LogP contribution in [0.1, 0.15) is 16.8 Å². The van der Waals surface area contributed by atoms with Gasteiger partial charge in [-0.1, -0.05) is 18.2 Å². The molecule has 6 heterocycles. The molecule has 2 aromatic heterocycles. The summed E-state index contributed by atoms with van der Waals surface area (Å²) in [6.45, 7) is 2.18. The number of ether oxygens (including phenoxy) is 1. The van der Waals surface area contributed by atoms with Crippen LogP contribution in [0.3, 0.4) is 0 Å². The normalized spacial score (nSPS) is 20.9. The molecule has 1 fully saturated rings. The van der Waals surface area contributed by atoms with Crippen LogP contribution >= 0.6 is 0 Å². The van der Waals surface area contributed by atoms with Gasteiger partial charge in [0.25, 0.3) is 11.8 Å². The summed E-state index contributed by atoms with van der Waals surface area (Å²) >= 11 is 0. The van der Waals surface area contributed by atoms with Crippen molar-refractivity contribution < 1.29 is 19.1 Å². The smallest absolute Gasteiger partial charge is 0.261 e. The van der Waals surface area contributed by atoms with E-state index in [0.717, 1.165) is 11.3 Å². The molecule has 11 heteroatoms. The molecule has 1 N–H and O–H groups in total. The Morgan fingerprint density at radius 2 is 1.92 bits per heavy atom. The van der Waals surface area contributed by atoms with E-state index in [4.69, 9.17) is 4.74 Å². The van der Waals surface area contributed by atoms with Crippen LogP contribution in [-0.4, -0.2) is 75.0 Å². The first kappa shape index (κ1) is 21.6. The van der Waals surface area contributed by atoms with E-state index < -0.39 is 17.9 Å². The van der Waals surface area contributed by atoms with Crippen LogP contribution in [0.2, 0.25) is 0 Å². The lowest BCUT2D eigenvalue weighted by atomic mass is 9.94. The monoisotopic (exact) mass is 495 g/mol. The second kappa shape index (κ2) is 8.20. The molecule has 184 valence electrons. The average molecular weight is 495 g/mol. The van der Waals surface area contributed by atoms with Crippen molar-refractivity contribution in [3.05, 3.63) is 77.8 Å². The Labute approximate surface area is 210 Å². The standard InChI is InChI=1S/C26H21N7O4/c34-24-20(18-13-29-19-14-27-4-6-32(18)19)21(25(35)30-24)22-16-3-1-2-15-12-17(33(23(15)16)7-5-28-22)26(36)31-8-10-37-11-9-31/h1-7,13-14,17H,8-12H2,(H,30,34,35). The molecule has 0 bridgehead atoms. The van der Waals surface area contributed by atoms with Crippen molar-refractivity contribution in [1.29, 1.82) is 0 Å². The van der Waals surface area contributed by atoms with Gasteiger partial charge in [-0.25, -0.2) is 4.98 Å². The molecule has 0 spiro atoms. The Morgan fingerprint density at radius 1 is 1.08 bits per heavy atom. The van der Waals surface area contributed by atoms with Gasteiger partial charge < -0.3 is 14.5 Å². The second-order valence-corrected chi connectivity index (χ2v) is 9.14. The number of para-hydroxylation sites is 1.